The molecule has 0 amide bonds. The summed E-state index contributed by atoms with van der Waals surface area (Å²) in [6.07, 6.45) is 3.09. The average molecular weight is 183 g/mol. The lowest BCUT2D eigenvalue weighted by Crippen LogP contribution is -1.79. The molecule has 0 aliphatic rings. The van der Waals surface area contributed by atoms with Crippen molar-refractivity contribution in [1.82, 2.24) is 9.97 Å². The quantitative estimate of drug-likeness (QED) is 0.675. The summed E-state index contributed by atoms with van der Waals surface area (Å²) in [5, 5.41) is 10.1. The lowest BCUT2D eigenvalue weighted by Gasteiger charge is -1.96. The van der Waals surface area contributed by atoms with Gasteiger partial charge in [0.15, 0.2) is 0 Å². The van der Waals surface area contributed by atoms with Crippen molar-refractivity contribution in [3.63, 3.8) is 0 Å². The first-order valence-electron chi connectivity index (χ1n) is 3.25. The van der Waals surface area contributed by atoms with E-state index in [2.05, 4.69) is 9.97 Å². The zero-order chi connectivity index (χ0) is 7.68. The van der Waals surface area contributed by atoms with Crippen molar-refractivity contribution in [2.24, 2.45) is 0 Å². The van der Waals surface area contributed by atoms with Gasteiger partial charge in [-0.2, -0.15) is 0 Å². The number of benzene rings is 1. The molecule has 2 rings (SSSR count). The molecule has 0 saturated carbocycles. The Balaban J connectivity index is 0.000000720. The third-order valence-electron chi connectivity index (χ3n) is 1.51. The Morgan fingerprint density at radius 1 is 1.25 bits per heavy atom. The van der Waals surface area contributed by atoms with Crippen LogP contribution in [0.15, 0.2) is 30.7 Å². The predicted molar refractivity (Wildman–Crippen MR) is 48.5 cm³/mol. The minimum absolute atomic E-state index is 0. The van der Waals surface area contributed by atoms with Crippen LogP contribution in [0.3, 0.4) is 0 Å². The van der Waals surface area contributed by atoms with Crippen LogP contribution in [-0.2, 0) is 0 Å². The summed E-state index contributed by atoms with van der Waals surface area (Å²) in [6, 6.07) is 5.23. The van der Waals surface area contributed by atoms with E-state index in [1.54, 1.807) is 18.3 Å². The van der Waals surface area contributed by atoms with Crippen LogP contribution in [0.2, 0.25) is 0 Å². The number of aromatic nitrogens is 2. The summed E-state index contributed by atoms with van der Waals surface area (Å²) in [4.78, 5) is 7.75. The standard InChI is InChI=1S/C8H6N2O.ClH/c11-7-3-1-2-6-4-9-5-10-8(6)7;/h1-5,11H;1H. The average Bonchev–Trinajstić information content (AvgIpc) is 2.06. The van der Waals surface area contributed by atoms with Crippen LogP contribution in [0.1, 0.15) is 0 Å². The second kappa shape index (κ2) is 3.36. The molecule has 1 heterocycles. The van der Waals surface area contributed by atoms with Gasteiger partial charge in [0.25, 0.3) is 0 Å². The first-order valence-corrected chi connectivity index (χ1v) is 3.25. The zero-order valence-corrected chi connectivity index (χ0v) is 6.95. The molecule has 0 fully saturated rings. The van der Waals surface area contributed by atoms with E-state index in [4.69, 9.17) is 0 Å². The van der Waals surface area contributed by atoms with E-state index in [0.717, 1.165) is 5.39 Å². The zero-order valence-electron chi connectivity index (χ0n) is 6.14. The van der Waals surface area contributed by atoms with Gasteiger partial charge >= 0.3 is 0 Å². The molecule has 4 heteroatoms. The summed E-state index contributed by atoms with van der Waals surface area (Å²) in [5.41, 5.74) is 0.600. The maximum absolute atomic E-state index is 9.28. The van der Waals surface area contributed by atoms with Gasteiger partial charge in [-0.05, 0) is 6.07 Å². The van der Waals surface area contributed by atoms with E-state index >= 15 is 0 Å². The smallest absolute Gasteiger partial charge is 0.141 e. The topological polar surface area (TPSA) is 46.0 Å². The van der Waals surface area contributed by atoms with Crippen LogP contribution in [-0.4, -0.2) is 15.1 Å². The maximum atomic E-state index is 9.28. The molecule has 1 aromatic carbocycles. The van der Waals surface area contributed by atoms with Crippen molar-refractivity contribution < 1.29 is 5.11 Å². The van der Waals surface area contributed by atoms with Gasteiger partial charge in [0, 0.05) is 11.6 Å². The van der Waals surface area contributed by atoms with Gasteiger partial charge in [-0.1, -0.05) is 12.1 Å². The number of aromatic hydroxyl groups is 1. The van der Waals surface area contributed by atoms with E-state index < -0.39 is 0 Å². The maximum Gasteiger partial charge on any atom is 0.141 e. The Labute approximate surface area is 75.5 Å². The van der Waals surface area contributed by atoms with Gasteiger partial charge in [0.1, 0.15) is 17.6 Å². The highest BCUT2D eigenvalue weighted by Gasteiger charge is 1.97. The summed E-state index contributed by atoms with van der Waals surface area (Å²) in [7, 11) is 0. The van der Waals surface area contributed by atoms with Gasteiger partial charge in [0.05, 0.1) is 0 Å². The molecular formula is C8H7ClN2O. The van der Waals surface area contributed by atoms with Crippen LogP contribution < -0.4 is 0 Å². The SMILES string of the molecule is Cl.Oc1cccc2cncnc12. The summed E-state index contributed by atoms with van der Waals surface area (Å²) >= 11 is 0. The third-order valence-corrected chi connectivity index (χ3v) is 1.51. The van der Waals surface area contributed by atoms with Crippen LogP contribution in [0.5, 0.6) is 5.75 Å². The second-order valence-corrected chi connectivity index (χ2v) is 2.24. The Morgan fingerprint density at radius 3 is 2.83 bits per heavy atom. The first kappa shape index (κ1) is 8.74. The lowest BCUT2D eigenvalue weighted by molar-refractivity contribution is 0.480. The highest BCUT2D eigenvalue weighted by Crippen LogP contribution is 2.19. The van der Waals surface area contributed by atoms with E-state index in [9.17, 15) is 5.11 Å². The van der Waals surface area contributed by atoms with E-state index in [-0.39, 0.29) is 18.2 Å². The summed E-state index contributed by atoms with van der Waals surface area (Å²) in [5.74, 6) is 0.199. The fraction of sp³-hybridized carbons (Fsp3) is 0. The number of hydrogen-bond donors (Lipinski definition) is 1. The molecule has 1 aromatic heterocycles. The van der Waals surface area contributed by atoms with E-state index in [1.807, 2.05) is 6.07 Å². The largest absolute Gasteiger partial charge is 0.506 e. The first-order chi connectivity index (χ1) is 5.38. The molecule has 0 atom stereocenters. The molecule has 62 valence electrons. The van der Waals surface area contributed by atoms with Crippen LogP contribution >= 0.6 is 12.4 Å². The fourth-order valence-electron chi connectivity index (χ4n) is 0.998. The number of phenols is 1. The van der Waals surface area contributed by atoms with Crippen molar-refractivity contribution in [2.45, 2.75) is 0 Å². The van der Waals surface area contributed by atoms with Crippen molar-refractivity contribution in [3.8, 4) is 5.75 Å². The van der Waals surface area contributed by atoms with Crippen molar-refractivity contribution in [3.05, 3.63) is 30.7 Å². The minimum Gasteiger partial charge on any atom is -0.506 e. The third kappa shape index (κ3) is 1.31. The summed E-state index contributed by atoms with van der Waals surface area (Å²) in [6.45, 7) is 0. The molecule has 1 N–H and O–H groups in total. The molecule has 0 bridgehead atoms. The molecule has 3 nitrogen and oxygen atoms in total. The number of phenolic OH excluding ortho intramolecular Hbond substituents is 1. The number of halogens is 1. The van der Waals surface area contributed by atoms with Crippen molar-refractivity contribution in [1.29, 1.82) is 0 Å². The number of nitrogens with zero attached hydrogens (tertiary/aromatic N) is 2. The molecule has 0 spiro atoms. The number of para-hydroxylation sites is 1. The molecular weight excluding hydrogens is 176 g/mol. The monoisotopic (exact) mass is 182 g/mol. The number of hydrogen-bond acceptors (Lipinski definition) is 3. The van der Waals surface area contributed by atoms with Crippen LogP contribution in [0.4, 0.5) is 0 Å². The molecule has 0 radical (unpaired) electrons. The van der Waals surface area contributed by atoms with Crippen LogP contribution in [0, 0.1) is 0 Å². The minimum atomic E-state index is 0. The van der Waals surface area contributed by atoms with Crippen molar-refractivity contribution >= 4 is 23.3 Å². The van der Waals surface area contributed by atoms with Gasteiger partial charge in [-0.15, -0.1) is 12.4 Å². The molecule has 2 aromatic rings. The molecule has 0 aliphatic heterocycles. The Hall–Kier alpha value is -1.35. The van der Waals surface area contributed by atoms with Crippen molar-refractivity contribution in [2.75, 3.05) is 0 Å². The molecule has 0 aliphatic carbocycles. The normalized spacial score (nSPS) is 9.33. The molecule has 0 saturated heterocycles. The Morgan fingerprint density at radius 2 is 2.08 bits per heavy atom. The summed E-state index contributed by atoms with van der Waals surface area (Å²) < 4.78 is 0. The predicted octanol–water partition coefficient (Wildman–Crippen LogP) is 1.76. The van der Waals surface area contributed by atoms with Crippen LogP contribution in [0.25, 0.3) is 10.9 Å². The Bertz CT molecular complexity index is 386. The van der Waals surface area contributed by atoms with E-state index in [1.165, 1.54) is 6.33 Å². The highest BCUT2D eigenvalue weighted by atomic mass is 35.5. The van der Waals surface area contributed by atoms with E-state index in [0.29, 0.717) is 5.52 Å². The number of rotatable bonds is 0. The van der Waals surface area contributed by atoms with Gasteiger partial charge in [-0.25, -0.2) is 9.97 Å². The number of fused-ring (bicyclic) bond motifs is 1. The molecule has 12 heavy (non-hydrogen) atoms. The molecule has 0 unspecified atom stereocenters. The lowest BCUT2D eigenvalue weighted by atomic mass is 10.2. The van der Waals surface area contributed by atoms with Gasteiger partial charge in [-0.3, -0.25) is 0 Å². The highest BCUT2D eigenvalue weighted by molar-refractivity contribution is 5.85. The fourth-order valence-corrected chi connectivity index (χ4v) is 0.998. The van der Waals surface area contributed by atoms with Gasteiger partial charge < -0.3 is 5.11 Å². The second-order valence-electron chi connectivity index (χ2n) is 2.24. The Kier molecular flexibility index (Phi) is 2.45. The van der Waals surface area contributed by atoms with Gasteiger partial charge in [0.2, 0.25) is 0 Å².